The third kappa shape index (κ3) is 3.32. The first-order chi connectivity index (χ1) is 14.4. The number of H-pyrrole nitrogens is 1. The van der Waals surface area contributed by atoms with Gasteiger partial charge in [-0.1, -0.05) is 24.3 Å². The van der Waals surface area contributed by atoms with Gasteiger partial charge in [0.25, 0.3) is 0 Å². The Bertz CT molecular complexity index is 1250. The van der Waals surface area contributed by atoms with Crippen LogP contribution in [0.25, 0.3) is 16.0 Å². The monoisotopic (exact) mass is 421 g/mol. The van der Waals surface area contributed by atoms with E-state index in [0.29, 0.717) is 0 Å². The molecule has 0 amide bonds. The van der Waals surface area contributed by atoms with Crippen molar-refractivity contribution in [1.82, 2.24) is 19.7 Å². The molecular formula is C22H23N5O2S. The molecular weight excluding hydrogens is 398 g/mol. The lowest BCUT2D eigenvalue weighted by Gasteiger charge is -2.48. The number of pyridine rings is 1. The van der Waals surface area contributed by atoms with Crippen molar-refractivity contribution in [1.29, 1.82) is 0 Å². The van der Waals surface area contributed by atoms with Crippen LogP contribution in [0.4, 0.5) is 5.69 Å². The molecule has 0 radical (unpaired) electrons. The molecule has 0 spiro atoms. The van der Waals surface area contributed by atoms with E-state index in [9.17, 15) is 4.79 Å². The van der Waals surface area contributed by atoms with Crippen LogP contribution < -0.4 is 9.77 Å². The minimum absolute atomic E-state index is 0.0290. The summed E-state index contributed by atoms with van der Waals surface area (Å²) in [6, 6.07) is 12.1. The summed E-state index contributed by atoms with van der Waals surface area (Å²) < 4.78 is 8.28. The normalized spacial score (nSPS) is 16.6. The lowest BCUT2D eigenvalue weighted by Crippen LogP contribution is -2.61. The Balaban J connectivity index is 1.34. The Morgan fingerprint density at radius 2 is 2.07 bits per heavy atom. The molecule has 3 aromatic heterocycles. The smallest absolute Gasteiger partial charge is 0.305 e. The Labute approximate surface area is 177 Å². The molecule has 5 rings (SSSR count). The lowest BCUT2D eigenvalue weighted by molar-refractivity contribution is -0.0167. The number of fused-ring (bicyclic) bond motifs is 1. The van der Waals surface area contributed by atoms with E-state index >= 15 is 0 Å². The second kappa shape index (κ2) is 7.07. The quantitative estimate of drug-likeness (QED) is 0.533. The zero-order valence-electron chi connectivity index (χ0n) is 17.1. The van der Waals surface area contributed by atoms with Crippen LogP contribution in [0.15, 0.2) is 53.6 Å². The number of thiazole rings is 1. The molecule has 8 heteroatoms. The number of aromatic amines is 1. The van der Waals surface area contributed by atoms with Crippen molar-refractivity contribution in [3.8, 4) is 5.82 Å². The fraction of sp³-hybridized carbons (Fsp3) is 0.318. The summed E-state index contributed by atoms with van der Waals surface area (Å²) in [5, 5.41) is 4.74. The van der Waals surface area contributed by atoms with E-state index in [-0.39, 0.29) is 16.4 Å². The Kier molecular flexibility index (Phi) is 4.48. The first-order valence-corrected chi connectivity index (χ1v) is 10.7. The average molecular weight is 422 g/mol. The highest BCUT2D eigenvalue weighted by molar-refractivity contribution is 7.16. The Hall–Kier alpha value is -2.97. The lowest BCUT2D eigenvalue weighted by atomic mass is 9.96. The van der Waals surface area contributed by atoms with Gasteiger partial charge in [-0.15, -0.1) is 0 Å². The third-order valence-electron chi connectivity index (χ3n) is 5.87. The number of aromatic nitrogens is 4. The fourth-order valence-corrected chi connectivity index (χ4v) is 4.66. The van der Waals surface area contributed by atoms with Crippen molar-refractivity contribution in [2.24, 2.45) is 0 Å². The highest BCUT2D eigenvalue weighted by Gasteiger charge is 2.38. The molecule has 0 saturated carbocycles. The van der Waals surface area contributed by atoms with Crippen LogP contribution in [0.5, 0.6) is 0 Å². The Morgan fingerprint density at radius 1 is 1.23 bits per heavy atom. The van der Waals surface area contributed by atoms with Crippen LogP contribution in [0.3, 0.4) is 0 Å². The molecule has 1 fully saturated rings. The van der Waals surface area contributed by atoms with Gasteiger partial charge in [0.15, 0.2) is 5.82 Å². The van der Waals surface area contributed by atoms with Crippen LogP contribution in [0.2, 0.25) is 0 Å². The van der Waals surface area contributed by atoms with Gasteiger partial charge in [0, 0.05) is 32.3 Å². The number of anilines is 1. The molecule has 0 bridgehead atoms. The summed E-state index contributed by atoms with van der Waals surface area (Å²) in [6.45, 7) is 5.98. The van der Waals surface area contributed by atoms with E-state index in [1.165, 1.54) is 11.3 Å². The minimum Gasteiger partial charge on any atom is -0.375 e. The molecule has 1 saturated heterocycles. The molecule has 7 nitrogen and oxygen atoms in total. The SMILES string of the molecule is COC1(C)CN(c2ccc(-n3ccc(C(C)c4ccc5[nH]c(=O)sc5c4)n3)nc2)C1. The summed E-state index contributed by atoms with van der Waals surface area (Å²) in [4.78, 5) is 21.2. The van der Waals surface area contributed by atoms with E-state index in [1.54, 1.807) is 11.8 Å². The van der Waals surface area contributed by atoms with Crippen LogP contribution in [-0.2, 0) is 4.74 Å². The molecule has 1 aliphatic rings. The maximum atomic E-state index is 11.6. The molecule has 154 valence electrons. The maximum Gasteiger partial charge on any atom is 0.305 e. The highest BCUT2D eigenvalue weighted by atomic mass is 32.1. The topological polar surface area (TPSA) is 76.0 Å². The van der Waals surface area contributed by atoms with Crippen LogP contribution >= 0.6 is 11.3 Å². The maximum absolute atomic E-state index is 11.6. The first-order valence-electron chi connectivity index (χ1n) is 9.89. The fourth-order valence-electron chi connectivity index (χ4n) is 3.87. The van der Waals surface area contributed by atoms with Crippen molar-refractivity contribution in [2.75, 3.05) is 25.1 Å². The molecule has 4 heterocycles. The zero-order chi connectivity index (χ0) is 20.9. The number of methoxy groups -OCH3 is 1. The average Bonchev–Trinajstić information content (AvgIpc) is 3.36. The predicted octanol–water partition coefficient (Wildman–Crippen LogP) is 3.55. The largest absolute Gasteiger partial charge is 0.375 e. The summed E-state index contributed by atoms with van der Waals surface area (Å²) >= 11 is 1.23. The Morgan fingerprint density at radius 3 is 2.80 bits per heavy atom. The van der Waals surface area contributed by atoms with E-state index < -0.39 is 0 Å². The number of nitrogens with zero attached hydrogens (tertiary/aromatic N) is 4. The van der Waals surface area contributed by atoms with Gasteiger partial charge in [-0.3, -0.25) is 4.79 Å². The minimum atomic E-state index is -0.0644. The number of ether oxygens (including phenoxy) is 1. The number of nitrogens with one attached hydrogen (secondary N) is 1. The zero-order valence-corrected chi connectivity index (χ0v) is 17.9. The molecule has 1 aliphatic heterocycles. The van der Waals surface area contributed by atoms with Crippen molar-refractivity contribution in [2.45, 2.75) is 25.4 Å². The van der Waals surface area contributed by atoms with Gasteiger partial charge in [-0.05, 0) is 42.8 Å². The standard InChI is InChI=1S/C22H23N5O2S/c1-14(15-4-6-18-19(10-15)30-21(28)24-18)17-8-9-27(25-17)20-7-5-16(11-23-20)26-12-22(2,13-26)29-3/h4-11,14H,12-13H2,1-3H3,(H,24,28). The van der Waals surface area contributed by atoms with Gasteiger partial charge < -0.3 is 14.6 Å². The number of rotatable bonds is 5. The molecule has 30 heavy (non-hydrogen) atoms. The van der Waals surface area contributed by atoms with Crippen LogP contribution in [-0.4, -0.2) is 45.5 Å². The molecule has 1 N–H and O–H groups in total. The van der Waals surface area contributed by atoms with Gasteiger partial charge in [0.1, 0.15) is 0 Å². The van der Waals surface area contributed by atoms with E-state index in [4.69, 9.17) is 9.84 Å². The summed E-state index contributed by atoms with van der Waals surface area (Å²) in [7, 11) is 1.76. The van der Waals surface area contributed by atoms with Crippen molar-refractivity contribution in [3.05, 3.63) is 69.7 Å². The number of hydrogen-bond donors (Lipinski definition) is 1. The number of hydrogen-bond acceptors (Lipinski definition) is 6. The summed E-state index contributed by atoms with van der Waals surface area (Å²) in [5.41, 5.74) is 3.99. The summed E-state index contributed by atoms with van der Waals surface area (Å²) in [5.74, 6) is 0.895. The molecule has 1 unspecified atom stereocenters. The van der Waals surface area contributed by atoms with Gasteiger partial charge in [-0.25, -0.2) is 9.67 Å². The van der Waals surface area contributed by atoms with Crippen molar-refractivity contribution >= 4 is 27.2 Å². The third-order valence-corrected chi connectivity index (χ3v) is 6.72. The van der Waals surface area contributed by atoms with Crippen molar-refractivity contribution < 1.29 is 4.74 Å². The van der Waals surface area contributed by atoms with Gasteiger partial charge >= 0.3 is 4.87 Å². The number of benzene rings is 1. The predicted molar refractivity (Wildman–Crippen MR) is 119 cm³/mol. The second-order valence-electron chi connectivity index (χ2n) is 8.06. The summed E-state index contributed by atoms with van der Waals surface area (Å²) in [6.07, 6.45) is 3.82. The van der Waals surface area contributed by atoms with E-state index in [1.807, 2.05) is 36.7 Å². The van der Waals surface area contributed by atoms with Crippen LogP contribution in [0, 0.1) is 0 Å². The molecule has 0 aliphatic carbocycles. The molecule has 1 atom stereocenters. The highest BCUT2D eigenvalue weighted by Crippen LogP contribution is 2.30. The first kappa shape index (κ1) is 19.0. The molecule has 1 aromatic carbocycles. The van der Waals surface area contributed by atoms with Gasteiger partial charge in [0.2, 0.25) is 0 Å². The van der Waals surface area contributed by atoms with Gasteiger partial charge in [-0.2, -0.15) is 5.10 Å². The van der Waals surface area contributed by atoms with Crippen LogP contribution in [0.1, 0.15) is 31.0 Å². The molecule has 4 aromatic rings. The second-order valence-corrected chi connectivity index (χ2v) is 9.08. The van der Waals surface area contributed by atoms with E-state index in [2.05, 4.69) is 40.8 Å². The van der Waals surface area contributed by atoms with E-state index in [0.717, 1.165) is 46.1 Å². The van der Waals surface area contributed by atoms with Crippen molar-refractivity contribution in [3.63, 3.8) is 0 Å². The van der Waals surface area contributed by atoms with Gasteiger partial charge in [0.05, 0.1) is 33.4 Å².